The van der Waals surface area contributed by atoms with Crippen LogP contribution in [0.2, 0.25) is 0 Å². The van der Waals surface area contributed by atoms with Crippen LogP contribution >= 0.6 is 22.6 Å². The van der Waals surface area contributed by atoms with E-state index in [1.165, 1.54) is 19.3 Å². The van der Waals surface area contributed by atoms with Gasteiger partial charge in [-0.2, -0.15) is 0 Å². The lowest BCUT2D eigenvalue weighted by molar-refractivity contribution is -0.229. The van der Waals surface area contributed by atoms with Crippen molar-refractivity contribution in [1.82, 2.24) is 0 Å². The summed E-state index contributed by atoms with van der Waals surface area (Å²) in [5.41, 5.74) is 0. The first kappa shape index (κ1) is 18.4. The summed E-state index contributed by atoms with van der Waals surface area (Å²) in [6, 6.07) is 0. The number of ether oxygens (including phenoxy) is 2. The van der Waals surface area contributed by atoms with Crippen LogP contribution in [-0.2, 0) is 9.47 Å². The van der Waals surface area contributed by atoms with Gasteiger partial charge in [0.1, 0.15) is 0 Å². The Morgan fingerprint density at radius 1 is 1.11 bits per heavy atom. The molecule has 18 heavy (non-hydrogen) atoms. The molecule has 0 aromatic carbocycles. The van der Waals surface area contributed by atoms with Gasteiger partial charge in [0.25, 0.3) is 0 Å². The summed E-state index contributed by atoms with van der Waals surface area (Å²) < 4.78 is 13.9. The van der Waals surface area contributed by atoms with Crippen LogP contribution in [0.25, 0.3) is 0 Å². The molecule has 0 aromatic heterocycles. The molecule has 0 saturated carbocycles. The molecule has 0 N–H and O–H groups in total. The summed E-state index contributed by atoms with van der Waals surface area (Å²) in [5, 5.41) is 0. The molecule has 2 nitrogen and oxygen atoms in total. The molecule has 0 fully saturated rings. The predicted octanol–water partition coefficient (Wildman–Crippen LogP) is 5.45. The van der Waals surface area contributed by atoms with Gasteiger partial charge < -0.3 is 9.47 Å². The predicted molar refractivity (Wildman–Crippen MR) is 87.1 cm³/mol. The monoisotopic (exact) mass is 368 g/mol. The first-order valence-electron chi connectivity index (χ1n) is 7.14. The highest BCUT2D eigenvalue weighted by Gasteiger charge is 2.22. The quantitative estimate of drug-likeness (QED) is 0.274. The van der Waals surface area contributed by atoms with Crippen LogP contribution in [0.5, 0.6) is 0 Å². The maximum Gasteiger partial charge on any atom is 0.163 e. The standard InChI is InChI=1S/C15H29IO2/c1-5-7-9-10-14(11-12-16)18-15(3,4)17-13-8-6-2/h11-12,14H,5-10,13H2,1-4H3/b12-11-/t14-/m0/s1. The third kappa shape index (κ3) is 10.3. The van der Waals surface area contributed by atoms with E-state index in [0.29, 0.717) is 0 Å². The average Bonchev–Trinajstić information content (AvgIpc) is 2.29. The minimum absolute atomic E-state index is 0.171. The third-order valence-corrected chi connectivity index (χ3v) is 3.18. The van der Waals surface area contributed by atoms with Gasteiger partial charge >= 0.3 is 0 Å². The number of hydrogen-bond acceptors (Lipinski definition) is 2. The molecule has 108 valence electrons. The Balaban J connectivity index is 4.10. The summed E-state index contributed by atoms with van der Waals surface area (Å²) >= 11 is 2.25. The molecule has 0 heterocycles. The van der Waals surface area contributed by atoms with Crippen LogP contribution < -0.4 is 0 Å². The van der Waals surface area contributed by atoms with E-state index in [-0.39, 0.29) is 6.10 Å². The second kappa shape index (κ2) is 11.2. The van der Waals surface area contributed by atoms with E-state index in [4.69, 9.17) is 9.47 Å². The number of halogens is 1. The van der Waals surface area contributed by atoms with Gasteiger partial charge in [0.2, 0.25) is 0 Å². The maximum absolute atomic E-state index is 6.06. The molecule has 0 amide bonds. The maximum atomic E-state index is 6.06. The van der Waals surface area contributed by atoms with Crippen molar-refractivity contribution in [2.24, 2.45) is 0 Å². The summed E-state index contributed by atoms with van der Waals surface area (Å²) in [6.45, 7) is 9.19. The van der Waals surface area contributed by atoms with E-state index < -0.39 is 5.79 Å². The lowest BCUT2D eigenvalue weighted by atomic mass is 10.1. The van der Waals surface area contributed by atoms with Crippen molar-refractivity contribution in [1.29, 1.82) is 0 Å². The molecule has 0 rings (SSSR count). The Bertz CT molecular complexity index is 215. The zero-order valence-electron chi connectivity index (χ0n) is 12.4. The normalized spacial score (nSPS) is 14.3. The SMILES string of the molecule is CCCCC[C@@H](/C=C\I)OC(C)(C)OCCCC. The third-order valence-electron chi connectivity index (χ3n) is 2.76. The Morgan fingerprint density at radius 2 is 1.78 bits per heavy atom. The summed E-state index contributed by atoms with van der Waals surface area (Å²) in [5.74, 6) is -0.484. The average molecular weight is 368 g/mol. The molecule has 3 heteroatoms. The van der Waals surface area contributed by atoms with Gasteiger partial charge in [-0.05, 0) is 36.8 Å². The molecule has 0 unspecified atom stereocenters. The van der Waals surface area contributed by atoms with Crippen LogP contribution in [0.4, 0.5) is 0 Å². The molecule has 0 radical (unpaired) electrons. The number of hydrogen-bond donors (Lipinski definition) is 0. The summed E-state index contributed by atoms with van der Waals surface area (Å²) in [7, 11) is 0. The largest absolute Gasteiger partial charge is 0.350 e. The Morgan fingerprint density at radius 3 is 2.33 bits per heavy atom. The molecule has 1 atom stereocenters. The van der Waals surface area contributed by atoms with Crippen molar-refractivity contribution >= 4 is 22.6 Å². The summed E-state index contributed by atoms with van der Waals surface area (Å²) in [6.07, 6.45) is 9.36. The van der Waals surface area contributed by atoms with Gasteiger partial charge in [-0.3, -0.25) is 0 Å². The van der Waals surface area contributed by atoms with Crippen LogP contribution in [0.1, 0.15) is 66.2 Å². The van der Waals surface area contributed by atoms with Crippen LogP contribution in [-0.4, -0.2) is 18.5 Å². The molecule has 0 aromatic rings. The number of unbranched alkanes of at least 4 members (excludes halogenated alkanes) is 3. The molecular formula is C15H29IO2. The van der Waals surface area contributed by atoms with Gasteiger partial charge in [-0.25, -0.2) is 0 Å². The van der Waals surface area contributed by atoms with Crippen LogP contribution in [0.3, 0.4) is 0 Å². The van der Waals surface area contributed by atoms with Gasteiger partial charge in [-0.15, -0.1) is 0 Å². The molecule has 0 bridgehead atoms. The fourth-order valence-electron chi connectivity index (χ4n) is 1.73. The van der Waals surface area contributed by atoms with Crippen LogP contribution in [0, 0.1) is 0 Å². The van der Waals surface area contributed by atoms with E-state index in [2.05, 4.69) is 42.5 Å². The van der Waals surface area contributed by atoms with E-state index in [1.807, 2.05) is 17.9 Å². The topological polar surface area (TPSA) is 18.5 Å². The highest BCUT2D eigenvalue weighted by Crippen LogP contribution is 2.19. The fourth-order valence-corrected chi connectivity index (χ4v) is 2.20. The fraction of sp³-hybridized carbons (Fsp3) is 0.867. The van der Waals surface area contributed by atoms with Gasteiger partial charge in [0.05, 0.1) is 6.10 Å². The zero-order chi connectivity index (χ0) is 13.9. The van der Waals surface area contributed by atoms with E-state index in [1.54, 1.807) is 0 Å². The van der Waals surface area contributed by atoms with Gasteiger partial charge in [-0.1, -0.05) is 62.1 Å². The second-order valence-electron chi connectivity index (χ2n) is 5.07. The van der Waals surface area contributed by atoms with Crippen molar-refractivity contribution in [3.05, 3.63) is 10.2 Å². The first-order valence-corrected chi connectivity index (χ1v) is 8.39. The second-order valence-corrected chi connectivity index (χ2v) is 5.79. The molecule has 0 spiro atoms. The van der Waals surface area contributed by atoms with E-state index in [0.717, 1.165) is 25.9 Å². The highest BCUT2D eigenvalue weighted by molar-refractivity contribution is 14.1. The first-order chi connectivity index (χ1) is 8.55. The van der Waals surface area contributed by atoms with E-state index in [9.17, 15) is 0 Å². The van der Waals surface area contributed by atoms with Crippen molar-refractivity contribution in [2.75, 3.05) is 6.61 Å². The lowest BCUT2D eigenvalue weighted by Crippen LogP contribution is -2.33. The molecule has 0 aliphatic carbocycles. The smallest absolute Gasteiger partial charge is 0.163 e. The van der Waals surface area contributed by atoms with Crippen LogP contribution in [0.15, 0.2) is 10.2 Å². The zero-order valence-corrected chi connectivity index (χ0v) is 14.5. The van der Waals surface area contributed by atoms with Crippen molar-refractivity contribution in [3.63, 3.8) is 0 Å². The van der Waals surface area contributed by atoms with Crippen molar-refractivity contribution < 1.29 is 9.47 Å². The molecule has 0 saturated heterocycles. The molecule has 0 aliphatic rings. The molecule has 0 aliphatic heterocycles. The minimum atomic E-state index is -0.484. The highest BCUT2D eigenvalue weighted by atomic mass is 127. The Kier molecular flexibility index (Phi) is 11.5. The van der Waals surface area contributed by atoms with Gasteiger partial charge in [0, 0.05) is 6.61 Å². The van der Waals surface area contributed by atoms with Gasteiger partial charge in [0.15, 0.2) is 5.79 Å². The van der Waals surface area contributed by atoms with Crippen molar-refractivity contribution in [2.45, 2.75) is 78.1 Å². The minimum Gasteiger partial charge on any atom is -0.350 e. The Labute approximate surface area is 127 Å². The number of rotatable bonds is 11. The lowest BCUT2D eigenvalue weighted by Gasteiger charge is -2.29. The Hall–Kier alpha value is 0.390. The van der Waals surface area contributed by atoms with Crippen molar-refractivity contribution in [3.8, 4) is 0 Å². The van der Waals surface area contributed by atoms with E-state index >= 15 is 0 Å². The molecular weight excluding hydrogens is 339 g/mol. The summed E-state index contributed by atoms with van der Waals surface area (Å²) in [4.78, 5) is 0.